The highest BCUT2D eigenvalue weighted by molar-refractivity contribution is 7.99. The third kappa shape index (κ3) is 3.97. The van der Waals surface area contributed by atoms with Crippen LogP contribution in [0, 0.1) is 6.92 Å². The van der Waals surface area contributed by atoms with Gasteiger partial charge in [-0.25, -0.2) is 0 Å². The van der Waals surface area contributed by atoms with Crippen molar-refractivity contribution in [1.82, 2.24) is 10.3 Å². The van der Waals surface area contributed by atoms with Crippen LogP contribution in [0.15, 0.2) is 99.5 Å². The van der Waals surface area contributed by atoms with Crippen LogP contribution in [0.2, 0.25) is 0 Å². The van der Waals surface area contributed by atoms with Crippen molar-refractivity contribution >= 4 is 34.8 Å². The van der Waals surface area contributed by atoms with Gasteiger partial charge in [-0.15, -0.1) is 0 Å². The Balaban J connectivity index is 1.54. The number of aryl methyl sites for hydroxylation is 1. The minimum atomic E-state index is -0.307. The third-order valence-electron chi connectivity index (χ3n) is 5.37. The molecule has 2 N–H and O–H groups in total. The van der Waals surface area contributed by atoms with E-state index in [1.165, 1.54) is 5.56 Å². The average molecular weight is 460 g/mol. The Morgan fingerprint density at radius 3 is 2.53 bits per heavy atom. The molecule has 0 saturated carbocycles. The van der Waals surface area contributed by atoms with Gasteiger partial charge in [0.25, 0.3) is 0 Å². The van der Waals surface area contributed by atoms with E-state index in [0.717, 1.165) is 21.4 Å². The molecule has 5 nitrogen and oxygen atoms in total. The lowest BCUT2D eigenvalue weighted by molar-refractivity contribution is 0.382. The van der Waals surface area contributed by atoms with Gasteiger partial charge in [0.2, 0.25) is 0 Å². The molecule has 2 aromatic carbocycles. The quantitative estimate of drug-likeness (QED) is 0.354. The smallest absolute Gasteiger partial charge is 0.174 e. The molecule has 7 heteroatoms. The topological polar surface area (TPSA) is 61.5 Å². The molecule has 0 bridgehead atoms. The van der Waals surface area contributed by atoms with Crippen LogP contribution < -0.4 is 10.2 Å². The SMILES string of the molecule is Cc1ccc(Sc2ccc([C@@H]3[C@H](c4ccccn4)NC(=S)N3c3ccccc3O)o2)cc1. The monoisotopic (exact) mass is 459 g/mol. The van der Waals surface area contributed by atoms with E-state index in [1.54, 1.807) is 30.1 Å². The highest BCUT2D eigenvalue weighted by Crippen LogP contribution is 2.45. The van der Waals surface area contributed by atoms with Crippen molar-refractivity contribution in [2.75, 3.05) is 4.90 Å². The number of phenols is 1. The summed E-state index contributed by atoms with van der Waals surface area (Å²) in [4.78, 5) is 7.56. The fraction of sp³-hybridized carbons (Fsp3) is 0.120. The molecule has 0 spiro atoms. The highest BCUT2D eigenvalue weighted by Gasteiger charge is 2.43. The molecule has 0 unspecified atom stereocenters. The number of furan rings is 1. The van der Waals surface area contributed by atoms with Gasteiger partial charge in [0.05, 0.1) is 17.4 Å². The number of hydrogen-bond donors (Lipinski definition) is 2. The van der Waals surface area contributed by atoms with Gasteiger partial charge < -0.3 is 19.7 Å². The molecular weight excluding hydrogens is 438 g/mol. The second kappa shape index (κ2) is 8.68. The summed E-state index contributed by atoms with van der Waals surface area (Å²) in [5, 5.41) is 15.2. The molecule has 4 aromatic rings. The molecule has 1 fully saturated rings. The van der Waals surface area contributed by atoms with Gasteiger partial charge in [-0.05, 0) is 67.7 Å². The Kier molecular flexibility index (Phi) is 5.59. The number of pyridine rings is 1. The predicted molar refractivity (Wildman–Crippen MR) is 130 cm³/mol. The number of nitrogens with zero attached hydrogens (tertiary/aromatic N) is 2. The maximum Gasteiger partial charge on any atom is 0.174 e. The minimum absolute atomic E-state index is 0.157. The number of rotatable bonds is 5. The van der Waals surface area contributed by atoms with Gasteiger partial charge in [0.15, 0.2) is 10.2 Å². The minimum Gasteiger partial charge on any atom is -0.506 e. The van der Waals surface area contributed by atoms with Crippen LogP contribution in [0.4, 0.5) is 5.69 Å². The van der Waals surface area contributed by atoms with Crippen molar-refractivity contribution in [3.8, 4) is 5.75 Å². The summed E-state index contributed by atoms with van der Waals surface area (Å²) in [6, 6.07) is 24.7. The van der Waals surface area contributed by atoms with E-state index in [9.17, 15) is 5.11 Å². The Hall–Kier alpha value is -3.29. The van der Waals surface area contributed by atoms with E-state index in [0.29, 0.717) is 10.8 Å². The van der Waals surface area contributed by atoms with E-state index in [-0.39, 0.29) is 17.8 Å². The molecule has 0 radical (unpaired) electrons. The summed E-state index contributed by atoms with van der Waals surface area (Å²) in [6.45, 7) is 2.07. The van der Waals surface area contributed by atoms with Crippen molar-refractivity contribution < 1.29 is 9.52 Å². The van der Waals surface area contributed by atoms with Gasteiger partial charge in [-0.3, -0.25) is 4.98 Å². The number of anilines is 1. The second-order valence-electron chi connectivity index (χ2n) is 7.56. The molecule has 160 valence electrons. The molecule has 2 atom stereocenters. The number of aromatic hydroxyl groups is 1. The zero-order valence-electron chi connectivity index (χ0n) is 17.3. The molecule has 5 rings (SSSR count). The highest BCUT2D eigenvalue weighted by atomic mass is 32.2. The third-order valence-corrected chi connectivity index (χ3v) is 6.62. The molecule has 1 saturated heterocycles. The van der Waals surface area contributed by atoms with Crippen LogP contribution in [-0.2, 0) is 0 Å². The summed E-state index contributed by atoms with van der Waals surface area (Å²) < 4.78 is 6.31. The maximum atomic E-state index is 10.6. The van der Waals surface area contributed by atoms with E-state index in [1.807, 2.05) is 47.4 Å². The first kappa shape index (κ1) is 20.6. The first-order valence-electron chi connectivity index (χ1n) is 10.2. The zero-order chi connectivity index (χ0) is 22.1. The first-order chi connectivity index (χ1) is 15.6. The van der Waals surface area contributed by atoms with Crippen molar-refractivity contribution in [3.05, 3.63) is 102 Å². The summed E-state index contributed by atoms with van der Waals surface area (Å²) in [7, 11) is 0. The van der Waals surface area contributed by atoms with Crippen molar-refractivity contribution in [2.45, 2.75) is 29.0 Å². The lowest BCUT2D eigenvalue weighted by atomic mass is 10.0. The predicted octanol–water partition coefficient (Wildman–Crippen LogP) is 6.02. The number of thiocarbonyl (C=S) groups is 1. The van der Waals surface area contributed by atoms with E-state index in [2.05, 4.69) is 41.5 Å². The molecule has 0 aliphatic carbocycles. The fourth-order valence-electron chi connectivity index (χ4n) is 3.84. The molecule has 0 amide bonds. The van der Waals surface area contributed by atoms with Crippen molar-refractivity contribution in [1.29, 1.82) is 0 Å². The van der Waals surface area contributed by atoms with Crippen LogP contribution in [0.5, 0.6) is 5.75 Å². The van der Waals surface area contributed by atoms with Crippen LogP contribution in [0.3, 0.4) is 0 Å². The molecular formula is C25H21N3O2S2. The molecule has 32 heavy (non-hydrogen) atoms. The molecule has 1 aliphatic rings. The Morgan fingerprint density at radius 1 is 1.00 bits per heavy atom. The Morgan fingerprint density at radius 2 is 1.78 bits per heavy atom. The number of nitrogens with one attached hydrogen (secondary N) is 1. The number of para-hydroxylation sites is 2. The standard InChI is InChI=1S/C25H21N3O2S2/c1-16-9-11-17(12-10-16)32-22-14-13-21(30-22)24-23(18-6-4-5-15-26-18)27-25(31)28(24)19-7-2-3-8-20(19)29/h2-15,23-24,29H,1H3,(H,27,31)/t23-,24+/m0/s1. The first-order valence-corrected chi connectivity index (χ1v) is 11.5. The number of hydrogen-bond acceptors (Lipinski definition) is 5. The number of aromatic nitrogens is 1. The lowest BCUT2D eigenvalue weighted by Crippen LogP contribution is -2.29. The number of benzene rings is 2. The van der Waals surface area contributed by atoms with Crippen LogP contribution in [-0.4, -0.2) is 15.2 Å². The maximum absolute atomic E-state index is 10.6. The zero-order valence-corrected chi connectivity index (χ0v) is 18.9. The summed E-state index contributed by atoms with van der Waals surface area (Å²) in [5.74, 6) is 0.898. The lowest BCUT2D eigenvalue weighted by Gasteiger charge is -2.26. The normalized spacial score (nSPS) is 18.0. The summed E-state index contributed by atoms with van der Waals surface area (Å²) in [6.07, 6.45) is 1.76. The van der Waals surface area contributed by atoms with Gasteiger partial charge >= 0.3 is 0 Å². The molecule has 3 heterocycles. The molecule has 1 aliphatic heterocycles. The van der Waals surface area contributed by atoms with Crippen LogP contribution in [0.25, 0.3) is 0 Å². The Bertz CT molecular complexity index is 1240. The van der Waals surface area contributed by atoms with Crippen LogP contribution >= 0.6 is 24.0 Å². The number of phenolic OH excluding ortho intramolecular Hbond substituents is 1. The summed E-state index contributed by atoms with van der Waals surface area (Å²) in [5.41, 5.74) is 2.69. The fourth-order valence-corrected chi connectivity index (χ4v) is 4.96. The van der Waals surface area contributed by atoms with E-state index < -0.39 is 0 Å². The van der Waals surface area contributed by atoms with E-state index in [4.69, 9.17) is 16.6 Å². The average Bonchev–Trinajstić information content (AvgIpc) is 3.40. The van der Waals surface area contributed by atoms with Crippen molar-refractivity contribution in [3.63, 3.8) is 0 Å². The van der Waals surface area contributed by atoms with Gasteiger partial charge in [0, 0.05) is 11.1 Å². The largest absolute Gasteiger partial charge is 0.506 e. The van der Waals surface area contributed by atoms with Gasteiger partial charge in [0.1, 0.15) is 17.6 Å². The molecule has 2 aromatic heterocycles. The van der Waals surface area contributed by atoms with Crippen LogP contribution in [0.1, 0.15) is 29.1 Å². The summed E-state index contributed by atoms with van der Waals surface area (Å²) >= 11 is 7.26. The van der Waals surface area contributed by atoms with Gasteiger partial charge in [-0.2, -0.15) is 0 Å². The second-order valence-corrected chi connectivity index (χ2v) is 9.02. The van der Waals surface area contributed by atoms with E-state index >= 15 is 0 Å². The Labute approximate surface area is 196 Å². The van der Waals surface area contributed by atoms with Crippen molar-refractivity contribution in [2.24, 2.45) is 0 Å². The van der Waals surface area contributed by atoms with Gasteiger partial charge in [-0.1, -0.05) is 47.7 Å².